The van der Waals surface area contributed by atoms with Gasteiger partial charge in [0.1, 0.15) is 0 Å². The van der Waals surface area contributed by atoms with Gasteiger partial charge in [-0.05, 0) is 70.1 Å². The van der Waals surface area contributed by atoms with Gasteiger partial charge in [-0.3, -0.25) is 9.69 Å². The number of nitrogens with zero attached hydrogens (tertiary/aromatic N) is 3. The van der Waals surface area contributed by atoms with Gasteiger partial charge >= 0.3 is 0 Å². The highest BCUT2D eigenvalue weighted by Gasteiger charge is 2.23. The number of hydrogen-bond donors (Lipinski definition) is 0. The third-order valence-electron chi connectivity index (χ3n) is 4.54. The quantitative estimate of drug-likeness (QED) is 0.456. The number of anilines is 1. The Morgan fingerprint density at radius 3 is 2.64 bits per heavy atom. The molecule has 3 aromatic rings. The fraction of sp³-hybridized carbons (Fsp3) is 0.333. The van der Waals surface area contributed by atoms with Crippen LogP contribution >= 0.6 is 34.7 Å². The highest BCUT2D eigenvalue weighted by molar-refractivity contribution is 7.98. The summed E-state index contributed by atoms with van der Waals surface area (Å²) in [7, 11) is 4.08. The first-order chi connectivity index (χ1) is 13.4. The van der Waals surface area contributed by atoms with Gasteiger partial charge in [0.05, 0.1) is 15.8 Å². The van der Waals surface area contributed by atoms with Gasteiger partial charge in [0.15, 0.2) is 5.13 Å². The molecule has 0 fully saturated rings. The maximum atomic E-state index is 13.5. The van der Waals surface area contributed by atoms with E-state index in [1.54, 1.807) is 11.8 Å². The molecule has 0 saturated carbocycles. The molecule has 0 spiro atoms. The molecule has 0 saturated heterocycles. The monoisotopic (exact) mass is 433 g/mol. The highest BCUT2D eigenvalue weighted by atomic mass is 35.5. The SMILES string of the molecule is CSc1ccccc1C(=O)N(CCCN(C)C)c1nc2c(C)c(Cl)ccc2s1. The molecule has 1 aromatic heterocycles. The molecule has 0 aliphatic rings. The summed E-state index contributed by atoms with van der Waals surface area (Å²) in [5.74, 6) is -0.00786. The van der Waals surface area contributed by atoms with E-state index in [0.717, 1.165) is 38.8 Å². The van der Waals surface area contributed by atoms with Crippen LogP contribution in [0.2, 0.25) is 5.02 Å². The van der Waals surface area contributed by atoms with Crippen LogP contribution in [0.15, 0.2) is 41.3 Å². The molecule has 0 bridgehead atoms. The third-order valence-corrected chi connectivity index (χ3v) is 6.79. The summed E-state index contributed by atoms with van der Waals surface area (Å²) in [5.41, 5.74) is 2.54. The van der Waals surface area contributed by atoms with Gasteiger partial charge in [-0.25, -0.2) is 4.98 Å². The van der Waals surface area contributed by atoms with Crippen LogP contribution < -0.4 is 4.90 Å². The standard InChI is InChI=1S/C21H24ClN3OS2/c1-14-16(22)10-11-18-19(14)23-21(28-18)25(13-7-12-24(2)3)20(26)15-8-5-6-9-17(15)27-4/h5-6,8-11H,7,12-13H2,1-4H3. The molecule has 1 heterocycles. The van der Waals surface area contributed by atoms with Gasteiger partial charge in [0.2, 0.25) is 0 Å². The smallest absolute Gasteiger partial charge is 0.261 e. The van der Waals surface area contributed by atoms with Gasteiger partial charge in [-0.2, -0.15) is 0 Å². The molecule has 0 atom stereocenters. The Hall–Kier alpha value is -1.60. The third kappa shape index (κ3) is 4.51. The number of rotatable bonds is 7. The molecule has 0 unspecified atom stereocenters. The minimum absolute atomic E-state index is 0.00786. The number of amides is 1. The molecule has 0 aliphatic heterocycles. The molecule has 4 nitrogen and oxygen atoms in total. The van der Waals surface area contributed by atoms with Gasteiger partial charge in [0, 0.05) is 16.5 Å². The van der Waals surface area contributed by atoms with Crippen molar-refractivity contribution < 1.29 is 4.79 Å². The average molecular weight is 434 g/mol. The number of benzene rings is 2. The van der Waals surface area contributed by atoms with E-state index in [4.69, 9.17) is 16.6 Å². The lowest BCUT2D eigenvalue weighted by Gasteiger charge is -2.22. The van der Waals surface area contributed by atoms with Crippen LogP contribution in [0.25, 0.3) is 10.2 Å². The van der Waals surface area contributed by atoms with Crippen molar-refractivity contribution in [3.05, 3.63) is 52.5 Å². The number of halogens is 1. The Morgan fingerprint density at radius 2 is 1.93 bits per heavy atom. The summed E-state index contributed by atoms with van der Waals surface area (Å²) in [6.45, 7) is 3.49. The molecule has 7 heteroatoms. The molecule has 2 aromatic carbocycles. The van der Waals surface area contributed by atoms with Crippen molar-refractivity contribution in [2.45, 2.75) is 18.2 Å². The fourth-order valence-electron chi connectivity index (χ4n) is 3.00. The summed E-state index contributed by atoms with van der Waals surface area (Å²) in [5, 5.41) is 1.42. The van der Waals surface area contributed by atoms with Gasteiger partial charge < -0.3 is 4.90 Å². The number of aromatic nitrogens is 1. The lowest BCUT2D eigenvalue weighted by Crippen LogP contribution is -2.33. The summed E-state index contributed by atoms with van der Waals surface area (Å²) in [6, 6.07) is 11.6. The maximum Gasteiger partial charge on any atom is 0.261 e. The Bertz CT molecular complexity index is 987. The van der Waals surface area contributed by atoms with Crippen molar-refractivity contribution in [3.63, 3.8) is 0 Å². The minimum Gasteiger partial charge on any atom is -0.309 e. The molecule has 0 radical (unpaired) electrons. The van der Waals surface area contributed by atoms with Crippen LogP contribution in [0, 0.1) is 6.92 Å². The Kier molecular flexibility index (Phi) is 6.99. The summed E-state index contributed by atoms with van der Waals surface area (Å²) in [4.78, 5) is 23.2. The van der Waals surface area contributed by atoms with Gasteiger partial charge in [0.25, 0.3) is 5.91 Å². The summed E-state index contributed by atoms with van der Waals surface area (Å²) < 4.78 is 1.04. The topological polar surface area (TPSA) is 36.4 Å². The second kappa shape index (κ2) is 9.27. The maximum absolute atomic E-state index is 13.5. The van der Waals surface area contributed by atoms with Gasteiger partial charge in [-0.1, -0.05) is 35.1 Å². The Labute approximate surface area is 179 Å². The first kappa shape index (κ1) is 21.1. The molecule has 28 heavy (non-hydrogen) atoms. The second-order valence-electron chi connectivity index (χ2n) is 6.83. The first-order valence-corrected chi connectivity index (χ1v) is 11.5. The van der Waals surface area contributed by atoms with Crippen molar-refractivity contribution in [2.75, 3.05) is 38.3 Å². The van der Waals surface area contributed by atoms with Crippen LogP contribution in [0.4, 0.5) is 5.13 Å². The molecular formula is C21H24ClN3OS2. The average Bonchev–Trinajstić information content (AvgIpc) is 3.12. The van der Waals surface area contributed by atoms with E-state index in [9.17, 15) is 4.79 Å². The zero-order valence-electron chi connectivity index (χ0n) is 16.5. The van der Waals surface area contributed by atoms with E-state index in [1.807, 2.05) is 68.6 Å². The van der Waals surface area contributed by atoms with E-state index in [2.05, 4.69) is 4.90 Å². The molecule has 0 N–H and O–H groups in total. The van der Waals surface area contributed by atoms with Crippen molar-refractivity contribution >= 4 is 56.0 Å². The van der Waals surface area contributed by atoms with E-state index in [0.29, 0.717) is 17.1 Å². The number of thiazole rings is 1. The second-order valence-corrected chi connectivity index (χ2v) is 9.09. The number of fused-ring (bicyclic) bond motifs is 1. The normalized spacial score (nSPS) is 11.4. The van der Waals surface area contributed by atoms with Crippen molar-refractivity contribution in [3.8, 4) is 0 Å². The van der Waals surface area contributed by atoms with Crippen LogP contribution in [0.3, 0.4) is 0 Å². The van der Waals surface area contributed by atoms with Crippen molar-refractivity contribution in [1.82, 2.24) is 9.88 Å². The number of aryl methyl sites for hydroxylation is 1. The molecule has 3 rings (SSSR count). The van der Waals surface area contributed by atoms with Crippen LogP contribution in [-0.2, 0) is 0 Å². The Morgan fingerprint density at radius 1 is 1.18 bits per heavy atom. The highest BCUT2D eigenvalue weighted by Crippen LogP contribution is 2.34. The minimum atomic E-state index is -0.00786. The lowest BCUT2D eigenvalue weighted by atomic mass is 10.2. The summed E-state index contributed by atoms with van der Waals surface area (Å²) >= 11 is 9.39. The lowest BCUT2D eigenvalue weighted by molar-refractivity contribution is 0.0983. The van der Waals surface area contributed by atoms with E-state index in [1.165, 1.54) is 11.3 Å². The van der Waals surface area contributed by atoms with E-state index < -0.39 is 0 Å². The predicted molar refractivity (Wildman–Crippen MR) is 122 cm³/mol. The predicted octanol–water partition coefficient (Wildman–Crippen LogP) is 5.58. The van der Waals surface area contributed by atoms with E-state index in [-0.39, 0.29) is 5.91 Å². The van der Waals surface area contributed by atoms with E-state index >= 15 is 0 Å². The molecule has 148 valence electrons. The zero-order valence-corrected chi connectivity index (χ0v) is 18.9. The van der Waals surface area contributed by atoms with Crippen LogP contribution in [-0.4, -0.2) is 49.2 Å². The number of thioether (sulfide) groups is 1. The zero-order chi connectivity index (χ0) is 20.3. The Balaban J connectivity index is 2.01. The van der Waals surface area contributed by atoms with Crippen LogP contribution in [0.5, 0.6) is 0 Å². The molecule has 1 amide bonds. The molecular weight excluding hydrogens is 410 g/mol. The van der Waals surface area contributed by atoms with Gasteiger partial charge in [-0.15, -0.1) is 11.8 Å². The van der Waals surface area contributed by atoms with Crippen LogP contribution in [0.1, 0.15) is 22.3 Å². The fourth-order valence-corrected chi connectivity index (χ4v) is 4.79. The number of hydrogen-bond acceptors (Lipinski definition) is 5. The van der Waals surface area contributed by atoms with Crippen molar-refractivity contribution in [1.29, 1.82) is 0 Å². The number of carbonyl (C=O) groups is 1. The largest absolute Gasteiger partial charge is 0.309 e. The number of carbonyl (C=O) groups excluding carboxylic acids is 1. The first-order valence-electron chi connectivity index (χ1n) is 9.07. The summed E-state index contributed by atoms with van der Waals surface area (Å²) in [6.07, 6.45) is 2.86. The van der Waals surface area contributed by atoms with Crippen molar-refractivity contribution in [2.24, 2.45) is 0 Å². The molecule has 0 aliphatic carbocycles.